The van der Waals surface area contributed by atoms with E-state index in [-0.39, 0.29) is 4.87 Å². The van der Waals surface area contributed by atoms with Crippen LogP contribution in [0, 0.1) is 0 Å². The molecule has 0 aliphatic rings. The highest BCUT2D eigenvalue weighted by molar-refractivity contribution is 7.16. The quantitative estimate of drug-likeness (QED) is 0.781. The van der Waals surface area contributed by atoms with Gasteiger partial charge in [0.2, 0.25) is 0 Å². The van der Waals surface area contributed by atoms with Crippen LogP contribution in [-0.2, 0) is 6.42 Å². The fourth-order valence-electron chi connectivity index (χ4n) is 1.78. The van der Waals surface area contributed by atoms with Crippen molar-refractivity contribution in [3.05, 3.63) is 33.4 Å². The van der Waals surface area contributed by atoms with E-state index in [1.165, 1.54) is 29.7 Å². The maximum Gasteiger partial charge on any atom is 0.305 e. The van der Waals surface area contributed by atoms with Crippen LogP contribution in [0.1, 0.15) is 18.4 Å². The van der Waals surface area contributed by atoms with Gasteiger partial charge in [-0.15, -0.1) is 0 Å². The van der Waals surface area contributed by atoms with Crippen LogP contribution in [0.2, 0.25) is 0 Å². The van der Waals surface area contributed by atoms with Crippen molar-refractivity contribution < 1.29 is 0 Å². The maximum absolute atomic E-state index is 11.2. The van der Waals surface area contributed by atoms with Gasteiger partial charge in [0.25, 0.3) is 0 Å². The molecule has 0 aliphatic carbocycles. The van der Waals surface area contributed by atoms with Crippen molar-refractivity contribution in [3.63, 3.8) is 0 Å². The molecule has 16 heavy (non-hydrogen) atoms. The van der Waals surface area contributed by atoms with Crippen LogP contribution in [0.4, 0.5) is 0 Å². The second kappa shape index (κ2) is 5.27. The predicted molar refractivity (Wildman–Crippen MR) is 69.3 cm³/mol. The number of benzene rings is 1. The van der Waals surface area contributed by atoms with E-state index >= 15 is 0 Å². The highest BCUT2D eigenvalue weighted by atomic mass is 32.1. The van der Waals surface area contributed by atoms with Gasteiger partial charge >= 0.3 is 4.87 Å². The molecule has 2 N–H and O–H groups in total. The normalized spacial score (nSPS) is 11.1. The molecule has 0 aliphatic heterocycles. The van der Waals surface area contributed by atoms with Crippen molar-refractivity contribution in [1.29, 1.82) is 0 Å². The van der Waals surface area contributed by atoms with Gasteiger partial charge in [-0.2, -0.15) is 0 Å². The number of hydrogen-bond donors (Lipinski definition) is 2. The Morgan fingerprint density at radius 3 is 3.06 bits per heavy atom. The smallest absolute Gasteiger partial charge is 0.305 e. The lowest BCUT2D eigenvalue weighted by Gasteiger charge is -2.01. The van der Waals surface area contributed by atoms with E-state index in [0.717, 1.165) is 23.2 Å². The standard InChI is InChI=1S/C12H16N2OS/c1-13-7-3-2-4-9-5-6-10-11(8-9)16-12(15)14-10/h5-6,8,13H,2-4,7H2,1H3,(H,14,15). The largest absolute Gasteiger partial charge is 0.320 e. The van der Waals surface area contributed by atoms with Crippen LogP contribution in [0.15, 0.2) is 23.0 Å². The molecule has 2 rings (SSSR count). The summed E-state index contributed by atoms with van der Waals surface area (Å²) in [5, 5.41) is 3.14. The van der Waals surface area contributed by atoms with E-state index in [0.29, 0.717) is 0 Å². The van der Waals surface area contributed by atoms with Gasteiger partial charge in [0.1, 0.15) is 0 Å². The number of aromatic amines is 1. The fourth-order valence-corrected chi connectivity index (χ4v) is 2.58. The predicted octanol–water partition coefficient (Wildman–Crippen LogP) is 2.13. The van der Waals surface area contributed by atoms with E-state index in [9.17, 15) is 4.79 Å². The van der Waals surface area contributed by atoms with E-state index < -0.39 is 0 Å². The molecule has 1 heterocycles. The van der Waals surface area contributed by atoms with Crippen molar-refractivity contribution in [2.24, 2.45) is 0 Å². The van der Waals surface area contributed by atoms with Crippen LogP contribution in [0.5, 0.6) is 0 Å². The van der Waals surface area contributed by atoms with Crippen LogP contribution in [-0.4, -0.2) is 18.6 Å². The number of hydrogen-bond acceptors (Lipinski definition) is 3. The Morgan fingerprint density at radius 2 is 2.25 bits per heavy atom. The van der Waals surface area contributed by atoms with E-state index in [2.05, 4.69) is 22.4 Å². The highest BCUT2D eigenvalue weighted by Crippen LogP contribution is 2.17. The third kappa shape index (κ3) is 2.71. The monoisotopic (exact) mass is 236 g/mol. The van der Waals surface area contributed by atoms with Gasteiger partial charge in [-0.25, -0.2) is 0 Å². The number of nitrogens with one attached hydrogen (secondary N) is 2. The minimum atomic E-state index is 0.0299. The summed E-state index contributed by atoms with van der Waals surface area (Å²) < 4.78 is 1.07. The van der Waals surface area contributed by atoms with Crippen molar-refractivity contribution in [1.82, 2.24) is 10.3 Å². The number of aryl methyl sites for hydroxylation is 1. The van der Waals surface area contributed by atoms with Crippen molar-refractivity contribution in [2.45, 2.75) is 19.3 Å². The Morgan fingerprint density at radius 1 is 1.38 bits per heavy atom. The maximum atomic E-state index is 11.2. The molecule has 1 aromatic carbocycles. The summed E-state index contributed by atoms with van der Waals surface area (Å²) in [6, 6.07) is 6.22. The SMILES string of the molecule is CNCCCCc1ccc2[nH]c(=O)sc2c1. The van der Waals surface area contributed by atoms with Gasteiger partial charge in [-0.05, 0) is 50.6 Å². The second-order valence-electron chi connectivity index (χ2n) is 3.91. The summed E-state index contributed by atoms with van der Waals surface area (Å²) in [6.07, 6.45) is 3.47. The lowest BCUT2D eigenvalue weighted by atomic mass is 10.1. The van der Waals surface area contributed by atoms with Crippen LogP contribution in [0.25, 0.3) is 10.2 Å². The van der Waals surface area contributed by atoms with Crippen LogP contribution >= 0.6 is 11.3 Å². The van der Waals surface area contributed by atoms with Crippen molar-refractivity contribution >= 4 is 21.6 Å². The second-order valence-corrected chi connectivity index (χ2v) is 4.92. The summed E-state index contributed by atoms with van der Waals surface area (Å²) >= 11 is 1.29. The third-order valence-electron chi connectivity index (χ3n) is 2.63. The Bertz CT molecular complexity index is 515. The molecule has 0 unspecified atom stereocenters. The average Bonchev–Trinajstić information content (AvgIpc) is 2.64. The summed E-state index contributed by atoms with van der Waals surface area (Å²) in [6.45, 7) is 1.07. The van der Waals surface area contributed by atoms with Gasteiger partial charge in [-0.1, -0.05) is 17.4 Å². The summed E-state index contributed by atoms with van der Waals surface area (Å²) in [4.78, 5) is 14.0. The molecule has 0 radical (unpaired) electrons. The Kier molecular flexibility index (Phi) is 3.74. The minimum Gasteiger partial charge on any atom is -0.320 e. The van der Waals surface area contributed by atoms with Gasteiger partial charge in [-0.3, -0.25) is 4.79 Å². The summed E-state index contributed by atoms with van der Waals surface area (Å²) in [7, 11) is 1.98. The van der Waals surface area contributed by atoms with Crippen molar-refractivity contribution in [3.8, 4) is 0 Å². The molecule has 0 atom stereocenters. The van der Waals surface area contributed by atoms with E-state index in [1.807, 2.05) is 13.1 Å². The molecule has 4 heteroatoms. The fraction of sp³-hybridized carbons (Fsp3) is 0.417. The minimum absolute atomic E-state index is 0.0299. The van der Waals surface area contributed by atoms with Gasteiger partial charge in [0.05, 0.1) is 10.2 Å². The molecule has 0 bridgehead atoms. The molecular formula is C12H16N2OS. The van der Waals surface area contributed by atoms with Gasteiger partial charge in [0, 0.05) is 0 Å². The third-order valence-corrected chi connectivity index (χ3v) is 3.47. The molecule has 0 spiro atoms. The molecule has 3 nitrogen and oxygen atoms in total. The Balaban J connectivity index is 2.04. The van der Waals surface area contributed by atoms with E-state index in [4.69, 9.17) is 0 Å². The number of fused-ring (bicyclic) bond motifs is 1. The van der Waals surface area contributed by atoms with Crippen molar-refractivity contribution in [2.75, 3.05) is 13.6 Å². The van der Waals surface area contributed by atoms with Gasteiger partial charge < -0.3 is 10.3 Å². The first kappa shape index (κ1) is 11.4. The molecular weight excluding hydrogens is 220 g/mol. The number of H-pyrrole nitrogens is 1. The van der Waals surface area contributed by atoms with Crippen LogP contribution in [0.3, 0.4) is 0 Å². The lowest BCUT2D eigenvalue weighted by Crippen LogP contribution is -2.07. The molecule has 0 fully saturated rings. The van der Waals surface area contributed by atoms with Gasteiger partial charge in [0.15, 0.2) is 0 Å². The number of rotatable bonds is 5. The zero-order valence-electron chi connectivity index (χ0n) is 9.38. The van der Waals surface area contributed by atoms with Crippen LogP contribution < -0.4 is 10.2 Å². The molecule has 0 amide bonds. The number of unbranched alkanes of at least 4 members (excludes halogenated alkanes) is 1. The first-order chi connectivity index (χ1) is 7.79. The topological polar surface area (TPSA) is 44.9 Å². The molecule has 1 aromatic heterocycles. The lowest BCUT2D eigenvalue weighted by molar-refractivity contribution is 0.677. The first-order valence-electron chi connectivity index (χ1n) is 5.56. The number of thiazole rings is 1. The average molecular weight is 236 g/mol. The molecule has 2 aromatic rings. The Hall–Kier alpha value is -1.13. The zero-order chi connectivity index (χ0) is 11.4. The summed E-state index contributed by atoms with van der Waals surface area (Å²) in [5.74, 6) is 0. The van der Waals surface area contributed by atoms with E-state index in [1.54, 1.807) is 0 Å². The molecule has 0 saturated carbocycles. The first-order valence-corrected chi connectivity index (χ1v) is 6.37. The molecule has 86 valence electrons. The zero-order valence-corrected chi connectivity index (χ0v) is 10.2. The summed E-state index contributed by atoms with van der Waals surface area (Å²) in [5.41, 5.74) is 2.27. The molecule has 0 saturated heterocycles. The number of aromatic nitrogens is 1. The Labute approximate surface area is 98.5 Å². The highest BCUT2D eigenvalue weighted by Gasteiger charge is 2.00.